The lowest BCUT2D eigenvalue weighted by Gasteiger charge is -2.15. The van der Waals surface area contributed by atoms with Crippen molar-refractivity contribution in [3.8, 4) is 5.75 Å². The third-order valence-electron chi connectivity index (χ3n) is 3.08. The van der Waals surface area contributed by atoms with Crippen LogP contribution in [0.25, 0.3) is 5.57 Å². The highest BCUT2D eigenvalue weighted by atomic mass is 17.2. The minimum atomic E-state index is 0.335. The van der Waals surface area contributed by atoms with Gasteiger partial charge in [0.05, 0.1) is 13.7 Å². The average molecular weight is 291 g/mol. The molecule has 0 radical (unpaired) electrons. The monoisotopic (exact) mass is 291 g/mol. The number of rotatable bonds is 10. The summed E-state index contributed by atoms with van der Waals surface area (Å²) in [6.45, 7) is 13.5. The molecular weight excluding hydrogens is 266 g/mol. The zero-order valence-corrected chi connectivity index (χ0v) is 13.2. The van der Waals surface area contributed by atoms with Crippen LogP contribution in [0.2, 0.25) is 0 Å². The number of allylic oxidation sites excluding steroid dienone is 1. The van der Waals surface area contributed by atoms with Crippen molar-refractivity contribution in [2.24, 2.45) is 0 Å². The SMILES string of the molecule is C=C(CC)NCc1cc(OC)ccc1C(=C)COOCC. The third kappa shape index (κ3) is 5.61. The molecule has 1 N–H and O–H groups in total. The Morgan fingerprint density at radius 2 is 1.95 bits per heavy atom. The molecule has 0 heterocycles. The van der Waals surface area contributed by atoms with E-state index in [9.17, 15) is 0 Å². The van der Waals surface area contributed by atoms with E-state index in [0.29, 0.717) is 19.8 Å². The van der Waals surface area contributed by atoms with E-state index in [4.69, 9.17) is 14.5 Å². The molecule has 0 amide bonds. The van der Waals surface area contributed by atoms with E-state index < -0.39 is 0 Å². The van der Waals surface area contributed by atoms with Crippen LogP contribution < -0.4 is 10.1 Å². The first-order valence-electron chi connectivity index (χ1n) is 7.13. The van der Waals surface area contributed by atoms with Gasteiger partial charge in [-0.25, -0.2) is 9.78 Å². The number of ether oxygens (including phenoxy) is 1. The van der Waals surface area contributed by atoms with Crippen molar-refractivity contribution in [1.82, 2.24) is 5.32 Å². The molecule has 0 aliphatic carbocycles. The van der Waals surface area contributed by atoms with E-state index in [-0.39, 0.29) is 0 Å². The normalized spacial score (nSPS) is 10.2. The standard InChI is InChI=1S/C17H25NO3/c1-6-14(4)18-11-15-10-16(19-5)8-9-17(15)13(3)12-21-20-7-2/h8-10,18H,3-4,6-7,11-12H2,1-2,5H3. The van der Waals surface area contributed by atoms with Crippen LogP contribution in [0, 0.1) is 0 Å². The summed E-state index contributed by atoms with van der Waals surface area (Å²) in [7, 11) is 1.66. The summed E-state index contributed by atoms with van der Waals surface area (Å²) in [6.07, 6.45) is 0.897. The first-order valence-corrected chi connectivity index (χ1v) is 7.13. The van der Waals surface area contributed by atoms with E-state index in [1.807, 2.05) is 25.1 Å². The van der Waals surface area contributed by atoms with Gasteiger partial charge in [-0.2, -0.15) is 0 Å². The molecule has 4 nitrogen and oxygen atoms in total. The Balaban J connectivity index is 2.85. The molecule has 0 fully saturated rings. The summed E-state index contributed by atoms with van der Waals surface area (Å²) < 4.78 is 5.29. The van der Waals surface area contributed by atoms with Crippen molar-refractivity contribution in [2.75, 3.05) is 20.3 Å². The maximum atomic E-state index is 5.29. The molecule has 4 heteroatoms. The van der Waals surface area contributed by atoms with Crippen LogP contribution in [0.3, 0.4) is 0 Å². The smallest absolute Gasteiger partial charge is 0.119 e. The Hall–Kier alpha value is -1.78. The van der Waals surface area contributed by atoms with E-state index >= 15 is 0 Å². The molecule has 0 bridgehead atoms. The van der Waals surface area contributed by atoms with Crippen molar-refractivity contribution >= 4 is 5.57 Å². The molecule has 1 aromatic carbocycles. The molecule has 0 unspecified atom stereocenters. The molecule has 1 rings (SSSR count). The first kappa shape index (κ1) is 17.3. The van der Waals surface area contributed by atoms with Crippen molar-refractivity contribution in [1.29, 1.82) is 0 Å². The highest BCUT2D eigenvalue weighted by molar-refractivity contribution is 5.68. The zero-order valence-electron chi connectivity index (χ0n) is 13.2. The summed E-state index contributed by atoms with van der Waals surface area (Å²) >= 11 is 0. The highest BCUT2D eigenvalue weighted by Gasteiger charge is 2.09. The van der Waals surface area contributed by atoms with Gasteiger partial charge in [0.25, 0.3) is 0 Å². The fraction of sp³-hybridized carbons (Fsp3) is 0.412. The maximum absolute atomic E-state index is 5.29. The van der Waals surface area contributed by atoms with Gasteiger partial charge in [-0.15, -0.1) is 0 Å². The Labute approximate surface area is 127 Å². The number of hydrogen-bond acceptors (Lipinski definition) is 4. The minimum absolute atomic E-state index is 0.335. The Bertz CT molecular complexity index is 483. The van der Waals surface area contributed by atoms with Crippen molar-refractivity contribution in [3.05, 3.63) is 48.2 Å². The van der Waals surface area contributed by atoms with Gasteiger partial charge in [0.15, 0.2) is 0 Å². The van der Waals surface area contributed by atoms with Crippen LogP contribution in [0.1, 0.15) is 31.4 Å². The molecule has 0 saturated carbocycles. The second-order valence-electron chi connectivity index (χ2n) is 4.61. The topological polar surface area (TPSA) is 39.7 Å². The van der Waals surface area contributed by atoms with Gasteiger partial charge in [0.1, 0.15) is 12.4 Å². The van der Waals surface area contributed by atoms with Gasteiger partial charge in [-0.1, -0.05) is 26.1 Å². The lowest BCUT2D eigenvalue weighted by Crippen LogP contribution is -2.13. The van der Waals surface area contributed by atoms with Crippen molar-refractivity contribution in [3.63, 3.8) is 0 Å². The Morgan fingerprint density at radius 3 is 2.57 bits per heavy atom. The van der Waals surface area contributed by atoms with Crippen LogP contribution in [0.5, 0.6) is 5.75 Å². The van der Waals surface area contributed by atoms with E-state index in [1.165, 1.54) is 0 Å². The summed E-state index contributed by atoms with van der Waals surface area (Å²) in [5.41, 5.74) is 3.99. The second-order valence-corrected chi connectivity index (χ2v) is 4.61. The Morgan fingerprint density at radius 1 is 1.19 bits per heavy atom. The van der Waals surface area contributed by atoms with Crippen molar-refractivity contribution < 1.29 is 14.5 Å². The number of nitrogens with one attached hydrogen (secondary N) is 1. The molecule has 0 aromatic heterocycles. The quantitative estimate of drug-likeness (QED) is 0.405. The van der Waals surface area contributed by atoms with Gasteiger partial charge in [0.2, 0.25) is 0 Å². The molecule has 0 aliphatic rings. The first-order chi connectivity index (χ1) is 10.1. The number of methoxy groups -OCH3 is 1. The van der Waals surface area contributed by atoms with E-state index in [1.54, 1.807) is 7.11 Å². The largest absolute Gasteiger partial charge is 0.497 e. The molecular formula is C17H25NO3. The van der Waals surface area contributed by atoms with Crippen LogP contribution in [0.15, 0.2) is 37.1 Å². The minimum Gasteiger partial charge on any atom is -0.497 e. The second kappa shape index (κ2) is 9.21. The van der Waals surface area contributed by atoms with E-state index in [0.717, 1.165) is 34.6 Å². The van der Waals surface area contributed by atoms with Gasteiger partial charge >= 0.3 is 0 Å². The van der Waals surface area contributed by atoms with Crippen LogP contribution in [0.4, 0.5) is 0 Å². The lowest BCUT2D eigenvalue weighted by atomic mass is 10.0. The maximum Gasteiger partial charge on any atom is 0.119 e. The van der Waals surface area contributed by atoms with Crippen LogP contribution in [-0.2, 0) is 16.3 Å². The third-order valence-corrected chi connectivity index (χ3v) is 3.08. The van der Waals surface area contributed by atoms with Gasteiger partial charge in [-0.05, 0) is 42.2 Å². The van der Waals surface area contributed by atoms with Crippen molar-refractivity contribution in [2.45, 2.75) is 26.8 Å². The van der Waals surface area contributed by atoms with E-state index in [2.05, 4.69) is 25.4 Å². The Kier molecular flexibility index (Phi) is 7.58. The predicted octanol–water partition coefficient (Wildman–Crippen LogP) is 3.69. The van der Waals surface area contributed by atoms with Gasteiger partial charge < -0.3 is 10.1 Å². The number of benzene rings is 1. The molecule has 0 spiro atoms. The summed E-state index contributed by atoms with van der Waals surface area (Å²) in [6, 6.07) is 5.90. The molecule has 116 valence electrons. The predicted molar refractivity (Wildman–Crippen MR) is 85.9 cm³/mol. The molecule has 0 saturated heterocycles. The summed E-state index contributed by atoms with van der Waals surface area (Å²) in [5, 5.41) is 3.30. The lowest BCUT2D eigenvalue weighted by molar-refractivity contribution is -0.280. The highest BCUT2D eigenvalue weighted by Crippen LogP contribution is 2.23. The zero-order chi connectivity index (χ0) is 15.7. The number of hydrogen-bond donors (Lipinski definition) is 1. The van der Waals surface area contributed by atoms with Crippen LogP contribution >= 0.6 is 0 Å². The fourth-order valence-electron chi connectivity index (χ4n) is 1.81. The summed E-state index contributed by atoms with van der Waals surface area (Å²) in [4.78, 5) is 10.00. The fourth-order valence-corrected chi connectivity index (χ4v) is 1.81. The molecule has 21 heavy (non-hydrogen) atoms. The molecule has 1 aromatic rings. The van der Waals surface area contributed by atoms with Crippen LogP contribution in [-0.4, -0.2) is 20.3 Å². The van der Waals surface area contributed by atoms with Gasteiger partial charge in [-0.3, -0.25) is 0 Å². The molecule has 0 aliphatic heterocycles. The average Bonchev–Trinajstić information content (AvgIpc) is 2.52. The van der Waals surface area contributed by atoms with Gasteiger partial charge in [0, 0.05) is 12.2 Å². The summed E-state index contributed by atoms with van der Waals surface area (Å²) in [5.74, 6) is 0.816. The molecule has 0 atom stereocenters.